The van der Waals surface area contributed by atoms with Crippen LogP contribution >= 0.6 is 11.6 Å². The van der Waals surface area contributed by atoms with Crippen LogP contribution < -0.4 is 0 Å². The first-order valence-electron chi connectivity index (χ1n) is 5.84. The number of aliphatic hydroxyl groups is 1. The summed E-state index contributed by atoms with van der Waals surface area (Å²) in [6, 6.07) is 16.1. The van der Waals surface area contributed by atoms with E-state index in [0.717, 1.165) is 0 Å². The summed E-state index contributed by atoms with van der Waals surface area (Å²) in [6.07, 6.45) is 3.41. The van der Waals surface area contributed by atoms with E-state index in [0.29, 0.717) is 22.4 Å². The molecule has 0 bridgehead atoms. The molecule has 3 heteroatoms. The second-order valence-corrected chi connectivity index (χ2v) is 4.57. The van der Waals surface area contributed by atoms with Crippen LogP contribution in [-0.2, 0) is 10.4 Å². The Labute approximate surface area is 117 Å². The van der Waals surface area contributed by atoms with Crippen molar-refractivity contribution in [3.63, 3.8) is 0 Å². The summed E-state index contributed by atoms with van der Waals surface area (Å²) in [5.74, 6) is 0. The fourth-order valence-corrected chi connectivity index (χ4v) is 2.06. The zero-order valence-electron chi connectivity index (χ0n) is 10.2. The number of hydrogen-bond donors (Lipinski definition) is 1. The van der Waals surface area contributed by atoms with Crippen molar-refractivity contribution < 1.29 is 9.90 Å². The Balaban J connectivity index is 2.55. The average molecular weight is 273 g/mol. The number of carbonyl (C=O) groups excluding carboxylic acids is 1. The lowest BCUT2D eigenvalue weighted by atomic mass is 9.86. The SMILES string of the molecule is O=C/C=C/C(O)(c1ccccc1)c1ccc(Cl)cc1. The maximum Gasteiger partial charge on any atom is 0.142 e. The second-order valence-electron chi connectivity index (χ2n) is 4.13. The number of halogens is 1. The molecule has 2 nitrogen and oxygen atoms in total. The molecule has 2 aromatic rings. The van der Waals surface area contributed by atoms with Gasteiger partial charge in [-0.2, -0.15) is 0 Å². The normalized spacial score (nSPS) is 14.2. The van der Waals surface area contributed by atoms with Crippen molar-refractivity contribution in [2.45, 2.75) is 5.60 Å². The highest BCUT2D eigenvalue weighted by molar-refractivity contribution is 6.30. The monoisotopic (exact) mass is 272 g/mol. The van der Waals surface area contributed by atoms with Gasteiger partial charge in [-0.1, -0.05) is 54.1 Å². The molecule has 1 unspecified atom stereocenters. The van der Waals surface area contributed by atoms with Gasteiger partial charge in [0.05, 0.1) is 0 Å². The third-order valence-electron chi connectivity index (χ3n) is 2.91. The van der Waals surface area contributed by atoms with E-state index in [9.17, 15) is 9.90 Å². The quantitative estimate of drug-likeness (QED) is 0.685. The summed E-state index contributed by atoms with van der Waals surface area (Å²) in [7, 11) is 0. The van der Waals surface area contributed by atoms with Gasteiger partial charge in [0.2, 0.25) is 0 Å². The predicted octanol–water partition coefficient (Wildman–Crippen LogP) is 3.33. The van der Waals surface area contributed by atoms with E-state index in [1.165, 1.54) is 12.2 Å². The standard InChI is InChI=1S/C16H13ClO2/c17-15-9-7-14(8-10-15)16(19,11-4-12-18)13-5-2-1-3-6-13/h1-12,19H/b11-4+. The maximum absolute atomic E-state index is 10.9. The molecule has 0 saturated heterocycles. The van der Waals surface area contributed by atoms with Gasteiger partial charge in [-0.05, 0) is 35.4 Å². The van der Waals surface area contributed by atoms with Crippen LogP contribution in [0.3, 0.4) is 0 Å². The van der Waals surface area contributed by atoms with Gasteiger partial charge in [0.25, 0.3) is 0 Å². The highest BCUT2D eigenvalue weighted by atomic mass is 35.5. The average Bonchev–Trinajstić information content (AvgIpc) is 2.46. The molecule has 0 radical (unpaired) electrons. The summed E-state index contributed by atoms with van der Waals surface area (Å²) >= 11 is 5.86. The number of carbonyl (C=O) groups is 1. The summed E-state index contributed by atoms with van der Waals surface area (Å²) in [5, 5.41) is 11.5. The van der Waals surface area contributed by atoms with Gasteiger partial charge in [-0.3, -0.25) is 4.79 Å². The lowest BCUT2D eigenvalue weighted by Gasteiger charge is -2.25. The van der Waals surface area contributed by atoms with Crippen LogP contribution in [0.1, 0.15) is 11.1 Å². The van der Waals surface area contributed by atoms with Crippen molar-refractivity contribution >= 4 is 17.9 Å². The minimum absolute atomic E-state index is 0.596. The smallest absolute Gasteiger partial charge is 0.142 e. The van der Waals surface area contributed by atoms with E-state index in [-0.39, 0.29) is 0 Å². The largest absolute Gasteiger partial charge is 0.377 e. The maximum atomic E-state index is 10.9. The van der Waals surface area contributed by atoms with Crippen molar-refractivity contribution in [3.05, 3.63) is 82.9 Å². The van der Waals surface area contributed by atoms with E-state index < -0.39 is 5.60 Å². The summed E-state index contributed by atoms with van der Waals surface area (Å²) < 4.78 is 0. The first-order valence-corrected chi connectivity index (χ1v) is 6.21. The number of rotatable bonds is 4. The van der Waals surface area contributed by atoms with Gasteiger partial charge in [-0.15, -0.1) is 0 Å². The second kappa shape index (κ2) is 5.83. The van der Waals surface area contributed by atoms with Gasteiger partial charge < -0.3 is 5.11 Å². The molecule has 0 aliphatic carbocycles. The topological polar surface area (TPSA) is 37.3 Å². The predicted molar refractivity (Wildman–Crippen MR) is 76.1 cm³/mol. The molecular formula is C16H13ClO2. The van der Waals surface area contributed by atoms with Crippen LogP contribution in [0, 0.1) is 0 Å². The molecular weight excluding hydrogens is 260 g/mol. The van der Waals surface area contributed by atoms with Gasteiger partial charge in [0.15, 0.2) is 0 Å². The van der Waals surface area contributed by atoms with Gasteiger partial charge in [0, 0.05) is 5.02 Å². The van der Waals surface area contributed by atoms with Crippen molar-refractivity contribution in [3.8, 4) is 0 Å². The summed E-state index contributed by atoms with van der Waals surface area (Å²) in [5.41, 5.74) is 0.00358. The zero-order valence-corrected chi connectivity index (χ0v) is 10.9. The van der Waals surface area contributed by atoms with Crippen molar-refractivity contribution in [2.24, 2.45) is 0 Å². The lowest BCUT2D eigenvalue weighted by Crippen LogP contribution is -2.24. The van der Waals surface area contributed by atoms with Crippen molar-refractivity contribution in [1.82, 2.24) is 0 Å². The third-order valence-corrected chi connectivity index (χ3v) is 3.17. The highest BCUT2D eigenvalue weighted by Crippen LogP contribution is 2.31. The molecule has 1 N–H and O–H groups in total. The number of allylic oxidation sites excluding steroid dienone is 1. The van der Waals surface area contributed by atoms with Crippen molar-refractivity contribution in [1.29, 1.82) is 0 Å². The van der Waals surface area contributed by atoms with Crippen molar-refractivity contribution in [2.75, 3.05) is 0 Å². The molecule has 0 amide bonds. The molecule has 0 spiro atoms. The molecule has 0 fully saturated rings. The molecule has 0 saturated carbocycles. The molecule has 96 valence electrons. The molecule has 19 heavy (non-hydrogen) atoms. The Morgan fingerprint density at radius 2 is 1.53 bits per heavy atom. The first kappa shape index (κ1) is 13.5. The number of hydrogen-bond acceptors (Lipinski definition) is 2. The summed E-state index contributed by atoms with van der Waals surface area (Å²) in [6.45, 7) is 0. The van der Waals surface area contributed by atoms with Crippen LogP contribution in [0.25, 0.3) is 0 Å². The zero-order chi connectivity index (χ0) is 13.7. The van der Waals surface area contributed by atoms with Crippen LogP contribution in [0.2, 0.25) is 5.02 Å². The molecule has 2 aromatic carbocycles. The first-order chi connectivity index (χ1) is 9.16. The Morgan fingerprint density at radius 3 is 2.11 bits per heavy atom. The summed E-state index contributed by atoms with van der Waals surface area (Å²) in [4.78, 5) is 10.5. The fourth-order valence-electron chi connectivity index (χ4n) is 1.93. The lowest BCUT2D eigenvalue weighted by molar-refractivity contribution is -0.104. The minimum atomic E-state index is -1.34. The van der Waals surface area contributed by atoms with E-state index in [1.807, 2.05) is 30.3 Å². The Kier molecular flexibility index (Phi) is 4.15. The van der Waals surface area contributed by atoms with E-state index in [1.54, 1.807) is 24.3 Å². The molecule has 1 atom stereocenters. The van der Waals surface area contributed by atoms with Gasteiger partial charge in [0.1, 0.15) is 11.9 Å². The van der Waals surface area contributed by atoms with Crippen LogP contribution in [0.4, 0.5) is 0 Å². The minimum Gasteiger partial charge on any atom is -0.377 e. The molecule has 0 heterocycles. The Morgan fingerprint density at radius 1 is 0.947 bits per heavy atom. The number of benzene rings is 2. The molecule has 0 aromatic heterocycles. The van der Waals surface area contributed by atoms with E-state index in [2.05, 4.69) is 0 Å². The number of aldehydes is 1. The van der Waals surface area contributed by atoms with Crippen LogP contribution in [0.5, 0.6) is 0 Å². The van der Waals surface area contributed by atoms with Crippen LogP contribution in [-0.4, -0.2) is 11.4 Å². The fraction of sp³-hybridized carbons (Fsp3) is 0.0625. The third kappa shape index (κ3) is 2.92. The molecule has 0 aliphatic heterocycles. The molecule has 0 aliphatic rings. The Bertz CT molecular complexity index is 575. The van der Waals surface area contributed by atoms with E-state index in [4.69, 9.17) is 11.6 Å². The Hall–Kier alpha value is -1.90. The molecule has 2 rings (SSSR count). The van der Waals surface area contributed by atoms with Gasteiger partial charge in [-0.25, -0.2) is 0 Å². The van der Waals surface area contributed by atoms with E-state index >= 15 is 0 Å². The highest BCUT2D eigenvalue weighted by Gasteiger charge is 2.28. The van der Waals surface area contributed by atoms with Gasteiger partial charge >= 0.3 is 0 Å². The van der Waals surface area contributed by atoms with Crippen LogP contribution in [0.15, 0.2) is 66.7 Å².